The highest BCUT2D eigenvalue weighted by Crippen LogP contribution is 2.41. The number of Topliss-reactive ketones (excluding diaryl/α,β-unsaturated/α-hetero) is 1. The Morgan fingerprint density at radius 3 is 2.56 bits per heavy atom. The molecular weight excluding hydrogens is 466 g/mol. The van der Waals surface area contributed by atoms with E-state index in [0.717, 1.165) is 11.1 Å². The molecular formula is C24H22ClNO4S2. The predicted octanol–water partition coefficient (Wildman–Crippen LogP) is 4.66. The number of ether oxygens (including phenoxy) is 1. The first-order valence-electron chi connectivity index (χ1n) is 10.2. The lowest BCUT2D eigenvalue weighted by Gasteiger charge is -2.40. The van der Waals surface area contributed by atoms with Crippen LogP contribution in [0.5, 0.6) is 5.75 Å². The third kappa shape index (κ3) is 4.71. The van der Waals surface area contributed by atoms with Crippen molar-refractivity contribution in [3.63, 3.8) is 0 Å². The lowest BCUT2D eigenvalue weighted by atomic mass is 9.77. The standard InChI is InChI=1S/C24H22ClNO4S2/c25-19-4-1-2-5-21(19)32-22-20(28)14-24(26-23(22)29,17-10-13-31-15-17)16-6-8-18(9-7-16)30-12-3-11-27/h1-2,4-10,13,15,22,27H,3,11-12,14H2,(H,26,29). The maximum Gasteiger partial charge on any atom is 0.242 e. The van der Waals surface area contributed by atoms with Crippen molar-refractivity contribution >= 4 is 46.4 Å². The molecule has 0 saturated carbocycles. The van der Waals surface area contributed by atoms with Crippen LogP contribution in [0.15, 0.2) is 70.3 Å². The van der Waals surface area contributed by atoms with E-state index in [4.69, 9.17) is 21.4 Å². The number of benzene rings is 2. The molecule has 1 aliphatic rings. The molecule has 2 unspecified atom stereocenters. The average molecular weight is 488 g/mol. The van der Waals surface area contributed by atoms with Crippen LogP contribution >= 0.6 is 34.7 Å². The van der Waals surface area contributed by atoms with Crippen molar-refractivity contribution in [2.24, 2.45) is 0 Å². The van der Waals surface area contributed by atoms with Crippen LogP contribution in [-0.4, -0.2) is 35.3 Å². The van der Waals surface area contributed by atoms with Gasteiger partial charge in [0.25, 0.3) is 0 Å². The van der Waals surface area contributed by atoms with Crippen LogP contribution in [0.4, 0.5) is 0 Å². The number of ketones is 1. The fourth-order valence-electron chi connectivity index (χ4n) is 3.72. The van der Waals surface area contributed by atoms with Crippen molar-refractivity contribution in [3.8, 4) is 5.75 Å². The molecule has 1 aliphatic heterocycles. The largest absolute Gasteiger partial charge is 0.494 e. The van der Waals surface area contributed by atoms with Crippen molar-refractivity contribution < 1.29 is 19.4 Å². The van der Waals surface area contributed by atoms with Crippen LogP contribution in [0.3, 0.4) is 0 Å². The molecule has 2 atom stereocenters. The minimum atomic E-state index is -0.935. The smallest absolute Gasteiger partial charge is 0.242 e. The number of carbonyl (C=O) groups is 2. The molecule has 2 heterocycles. The maximum absolute atomic E-state index is 13.3. The van der Waals surface area contributed by atoms with Crippen LogP contribution < -0.4 is 10.1 Å². The summed E-state index contributed by atoms with van der Waals surface area (Å²) in [6.45, 7) is 0.489. The van der Waals surface area contributed by atoms with Gasteiger partial charge in [0.2, 0.25) is 5.91 Å². The molecule has 8 heteroatoms. The van der Waals surface area contributed by atoms with Crippen LogP contribution in [0, 0.1) is 0 Å². The average Bonchev–Trinajstić information content (AvgIpc) is 3.33. The number of thiophene rings is 1. The number of amides is 1. The van der Waals surface area contributed by atoms with Crippen LogP contribution in [0.1, 0.15) is 24.0 Å². The van der Waals surface area contributed by atoms with Crippen molar-refractivity contribution in [3.05, 3.63) is 81.5 Å². The van der Waals surface area contributed by atoms with E-state index in [9.17, 15) is 9.59 Å². The second-order valence-corrected chi connectivity index (χ2v) is 9.76. The zero-order valence-corrected chi connectivity index (χ0v) is 19.5. The molecule has 1 amide bonds. The van der Waals surface area contributed by atoms with E-state index in [1.807, 2.05) is 59.3 Å². The second kappa shape index (κ2) is 10.1. The first-order chi connectivity index (χ1) is 15.5. The molecule has 1 fully saturated rings. The van der Waals surface area contributed by atoms with Gasteiger partial charge in [-0.1, -0.05) is 35.9 Å². The normalized spacial score (nSPS) is 20.8. The summed E-state index contributed by atoms with van der Waals surface area (Å²) < 4.78 is 5.62. The van der Waals surface area contributed by atoms with Gasteiger partial charge in [0.15, 0.2) is 5.78 Å². The summed E-state index contributed by atoms with van der Waals surface area (Å²) in [6, 6.07) is 16.5. The number of thioether (sulfide) groups is 1. The number of halogens is 1. The Labute approximate surface area is 199 Å². The monoisotopic (exact) mass is 487 g/mol. The summed E-state index contributed by atoms with van der Waals surface area (Å²) in [7, 11) is 0. The lowest BCUT2D eigenvalue weighted by molar-refractivity contribution is -0.132. The number of aliphatic hydroxyl groups excluding tert-OH is 1. The van der Waals surface area contributed by atoms with Crippen LogP contribution in [0.25, 0.3) is 0 Å². The second-order valence-electron chi connectivity index (χ2n) is 7.43. The zero-order valence-electron chi connectivity index (χ0n) is 17.1. The minimum absolute atomic E-state index is 0.0703. The van der Waals surface area contributed by atoms with Gasteiger partial charge in [0.05, 0.1) is 17.2 Å². The first kappa shape index (κ1) is 22.9. The SMILES string of the molecule is O=C1CC(c2ccc(OCCCO)cc2)(c2ccsc2)NC(=O)C1Sc1ccccc1Cl. The predicted molar refractivity (Wildman–Crippen MR) is 128 cm³/mol. The summed E-state index contributed by atoms with van der Waals surface area (Å²) >= 11 is 8.94. The summed E-state index contributed by atoms with van der Waals surface area (Å²) in [5.41, 5.74) is 0.752. The summed E-state index contributed by atoms with van der Waals surface area (Å²) in [6.07, 6.45) is 0.692. The number of nitrogens with one attached hydrogen (secondary N) is 1. The minimum Gasteiger partial charge on any atom is -0.494 e. The Morgan fingerprint density at radius 2 is 1.91 bits per heavy atom. The molecule has 0 radical (unpaired) electrons. The molecule has 0 aliphatic carbocycles. The third-order valence-corrected chi connectivity index (χ3v) is 7.77. The topological polar surface area (TPSA) is 75.6 Å². The molecule has 0 bridgehead atoms. The Bertz CT molecular complexity index is 1070. The maximum atomic E-state index is 13.3. The quantitative estimate of drug-likeness (QED) is 0.357. The molecule has 5 nitrogen and oxygen atoms in total. The number of piperidine rings is 1. The molecule has 166 valence electrons. The lowest BCUT2D eigenvalue weighted by Crippen LogP contribution is -2.57. The fourth-order valence-corrected chi connectivity index (χ4v) is 5.69. The number of aliphatic hydroxyl groups is 1. The molecule has 32 heavy (non-hydrogen) atoms. The Morgan fingerprint density at radius 1 is 1.12 bits per heavy atom. The van der Waals surface area contributed by atoms with Crippen molar-refractivity contribution in [2.75, 3.05) is 13.2 Å². The third-order valence-electron chi connectivity index (χ3n) is 5.32. The van der Waals surface area contributed by atoms with Crippen LogP contribution in [-0.2, 0) is 15.1 Å². The number of hydrogen-bond acceptors (Lipinski definition) is 6. The van der Waals surface area contributed by atoms with Gasteiger partial charge in [-0.3, -0.25) is 9.59 Å². The molecule has 2 N–H and O–H groups in total. The van der Waals surface area contributed by atoms with E-state index in [-0.39, 0.29) is 24.7 Å². The fraction of sp³-hybridized carbons (Fsp3) is 0.250. The van der Waals surface area contributed by atoms with Gasteiger partial charge in [-0.15, -0.1) is 11.8 Å². The Kier molecular flexibility index (Phi) is 7.20. The van der Waals surface area contributed by atoms with E-state index in [0.29, 0.717) is 28.7 Å². The van der Waals surface area contributed by atoms with Gasteiger partial charge in [-0.25, -0.2) is 0 Å². The molecule has 0 spiro atoms. The number of hydrogen-bond donors (Lipinski definition) is 2. The highest BCUT2D eigenvalue weighted by Gasteiger charge is 2.47. The van der Waals surface area contributed by atoms with E-state index >= 15 is 0 Å². The zero-order chi connectivity index (χ0) is 22.6. The van der Waals surface area contributed by atoms with Gasteiger partial charge in [-0.2, -0.15) is 11.3 Å². The van der Waals surface area contributed by atoms with Gasteiger partial charge >= 0.3 is 0 Å². The summed E-state index contributed by atoms with van der Waals surface area (Å²) in [5.74, 6) is 0.192. The van der Waals surface area contributed by atoms with E-state index < -0.39 is 10.8 Å². The Hall–Kier alpha value is -2.32. The van der Waals surface area contributed by atoms with E-state index in [1.165, 1.54) is 23.1 Å². The van der Waals surface area contributed by atoms with Gasteiger partial charge in [0.1, 0.15) is 11.0 Å². The highest BCUT2D eigenvalue weighted by atomic mass is 35.5. The summed E-state index contributed by atoms with van der Waals surface area (Å²) in [5, 5.41) is 15.6. The molecule has 1 saturated heterocycles. The van der Waals surface area contributed by atoms with Gasteiger partial charge < -0.3 is 15.2 Å². The first-order valence-corrected chi connectivity index (χ1v) is 12.4. The van der Waals surface area contributed by atoms with Gasteiger partial charge in [0, 0.05) is 24.3 Å². The van der Waals surface area contributed by atoms with Crippen molar-refractivity contribution in [2.45, 2.75) is 28.5 Å². The molecule has 3 aromatic rings. The Balaban J connectivity index is 1.62. The molecule has 2 aromatic carbocycles. The van der Waals surface area contributed by atoms with Crippen LogP contribution in [0.2, 0.25) is 5.02 Å². The van der Waals surface area contributed by atoms with Crippen molar-refractivity contribution in [1.29, 1.82) is 0 Å². The molecule has 1 aromatic heterocycles. The molecule has 4 rings (SSSR count). The number of carbonyl (C=O) groups excluding carboxylic acids is 2. The summed E-state index contributed by atoms with van der Waals surface area (Å²) in [4.78, 5) is 27.2. The van der Waals surface area contributed by atoms with Crippen molar-refractivity contribution in [1.82, 2.24) is 5.32 Å². The van der Waals surface area contributed by atoms with E-state index in [1.54, 1.807) is 6.07 Å². The van der Waals surface area contributed by atoms with Gasteiger partial charge in [-0.05, 0) is 52.2 Å². The van der Waals surface area contributed by atoms with E-state index in [2.05, 4.69) is 5.32 Å². The highest BCUT2D eigenvalue weighted by molar-refractivity contribution is 8.01. The number of rotatable bonds is 8.